The molecule has 1 aromatic heterocycles. The van der Waals surface area contributed by atoms with Gasteiger partial charge >= 0.3 is 0 Å². The summed E-state index contributed by atoms with van der Waals surface area (Å²) in [5, 5.41) is 4.90. The molecule has 1 aliphatic heterocycles. The SMILES string of the molecule is CC(C)CC1NCCC1c1ccc(Br)c2cccnc12. The van der Waals surface area contributed by atoms with Gasteiger partial charge in [-0.3, -0.25) is 4.98 Å². The fourth-order valence-corrected chi connectivity index (χ4v) is 3.81. The van der Waals surface area contributed by atoms with Crippen LogP contribution in [0.4, 0.5) is 0 Å². The average Bonchev–Trinajstić information content (AvgIpc) is 2.87. The number of aromatic nitrogens is 1. The molecule has 1 fully saturated rings. The molecule has 106 valence electrons. The number of halogens is 1. The van der Waals surface area contributed by atoms with Crippen molar-refractivity contribution in [1.29, 1.82) is 0 Å². The van der Waals surface area contributed by atoms with Gasteiger partial charge in [-0.2, -0.15) is 0 Å². The number of pyridine rings is 1. The minimum absolute atomic E-state index is 0.585. The monoisotopic (exact) mass is 332 g/mol. The lowest BCUT2D eigenvalue weighted by Crippen LogP contribution is -2.27. The quantitative estimate of drug-likeness (QED) is 0.895. The molecule has 2 atom stereocenters. The summed E-state index contributed by atoms with van der Waals surface area (Å²) in [5.41, 5.74) is 2.56. The highest BCUT2D eigenvalue weighted by Gasteiger charge is 2.30. The van der Waals surface area contributed by atoms with E-state index in [2.05, 4.69) is 58.3 Å². The Labute approximate surface area is 129 Å². The Bertz CT molecular complexity index is 609. The van der Waals surface area contributed by atoms with Crippen molar-refractivity contribution in [2.75, 3.05) is 6.54 Å². The largest absolute Gasteiger partial charge is 0.313 e. The molecule has 1 N–H and O–H groups in total. The van der Waals surface area contributed by atoms with Crippen LogP contribution in [0.3, 0.4) is 0 Å². The molecule has 0 aliphatic carbocycles. The second kappa shape index (κ2) is 5.82. The van der Waals surface area contributed by atoms with Gasteiger partial charge in [0.15, 0.2) is 0 Å². The summed E-state index contributed by atoms with van der Waals surface area (Å²) in [6.45, 7) is 5.72. The van der Waals surface area contributed by atoms with Crippen LogP contribution < -0.4 is 5.32 Å². The van der Waals surface area contributed by atoms with Crippen LogP contribution in [0.15, 0.2) is 34.9 Å². The summed E-state index contributed by atoms with van der Waals surface area (Å²) in [7, 11) is 0. The maximum absolute atomic E-state index is 4.64. The van der Waals surface area contributed by atoms with Crippen LogP contribution in [0.5, 0.6) is 0 Å². The topological polar surface area (TPSA) is 24.9 Å². The lowest BCUT2D eigenvalue weighted by Gasteiger charge is -2.23. The first-order valence-electron chi connectivity index (χ1n) is 7.43. The summed E-state index contributed by atoms with van der Waals surface area (Å²) >= 11 is 3.64. The van der Waals surface area contributed by atoms with Gasteiger partial charge in [-0.15, -0.1) is 0 Å². The van der Waals surface area contributed by atoms with E-state index in [9.17, 15) is 0 Å². The van der Waals surface area contributed by atoms with Crippen molar-refractivity contribution >= 4 is 26.8 Å². The van der Waals surface area contributed by atoms with Crippen LogP contribution >= 0.6 is 15.9 Å². The maximum Gasteiger partial charge on any atom is 0.0748 e. The minimum atomic E-state index is 0.585. The summed E-state index contributed by atoms with van der Waals surface area (Å²) in [6.07, 6.45) is 4.35. The van der Waals surface area contributed by atoms with E-state index in [-0.39, 0.29) is 0 Å². The number of rotatable bonds is 3. The second-order valence-electron chi connectivity index (χ2n) is 6.12. The zero-order chi connectivity index (χ0) is 14.1. The Balaban J connectivity index is 2.03. The van der Waals surface area contributed by atoms with Crippen molar-refractivity contribution in [3.63, 3.8) is 0 Å². The summed E-state index contributed by atoms with van der Waals surface area (Å²) in [4.78, 5) is 4.64. The van der Waals surface area contributed by atoms with Gasteiger partial charge < -0.3 is 5.32 Å². The third-order valence-corrected chi connectivity index (χ3v) is 4.91. The molecule has 0 radical (unpaired) electrons. The lowest BCUT2D eigenvalue weighted by atomic mass is 9.86. The van der Waals surface area contributed by atoms with Crippen LogP contribution in [0.25, 0.3) is 10.9 Å². The molecule has 1 aromatic carbocycles. The highest BCUT2D eigenvalue weighted by atomic mass is 79.9. The van der Waals surface area contributed by atoms with Crippen molar-refractivity contribution < 1.29 is 0 Å². The van der Waals surface area contributed by atoms with Crippen molar-refractivity contribution in [2.24, 2.45) is 5.92 Å². The van der Waals surface area contributed by atoms with E-state index in [4.69, 9.17) is 0 Å². The standard InChI is InChI=1S/C17H21BrN2/c1-11(2)10-16-12(7-9-19-16)13-5-6-15(18)14-4-3-8-20-17(13)14/h3-6,8,11-12,16,19H,7,9-10H2,1-2H3. The smallest absolute Gasteiger partial charge is 0.0748 e. The number of benzene rings is 1. The molecule has 2 unspecified atom stereocenters. The average molecular weight is 333 g/mol. The van der Waals surface area contributed by atoms with Gasteiger partial charge in [0.2, 0.25) is 0 Å². The van der Waals surface area contributed by atoms with Gasteiger partial charge in [0.25, 0.3) is 0 Å². The second-order valence-corrected chi connectivity index (χ2v) is 6.98. The first kappa shape index (κ1) is 14.0. The molecule has 2 nitrogen and oxygen atoms in total. The van der Waals surface area contributed by atoms with Gasteiger partial charge in [0.1, 0.15) is 0 Å². The minimum Gasteiger partial charge on any atom is -0.313 e. The molecule has 0 spiro atoms. The molecule has 2 heterocycles. The third kappa shape index (κ3) is 2.61. The molecule has 0 saturated carbocycles. The Morgan fingerprint density at radius 3 is 3.00 bits per heavy atom. The van der Waals surface area contributed by atoms with Crippen LogP contribution in [0.2, 0.25) is 0 Å². The summed E-state index contributed by atoms with van der Waals surface area (Å²) in [6, 6.07) is 9.17. The van der Waals surface area contributed by atoms with Crippen LogP contribution in [0, 0.1) is 5.92 Å². The van der Waals surface area contributed by atoms with Crippen molar-refractivity contribution in [1.82, 2.24) is 10.3 Å². The lowest BCUT2D eigenvalue weighted by molar-refractivity contribution is 0.435. The van der Waals surface area contributed by atoms with E-state index < -0.39 is 0 Å². The molecule has 3 rings (SSSR count). The van der Waals surface area contributed by atoms with Gasteiger partial charge in [0.05, 0.1) is 5.52 Å². The predicted octanol–water partition coefficient (Wildman–Crippen LogP) is 4.49. The van der Waals surface area contributed by atoms with Gasteiger partial charge in [-0.25, -0.2) is 0 Å². The fraction of sp³-hybridized carbons (Fsp3) is 0.471. The van der Waals surface area contributed by atoms with Crippen LogP contribution in [-0.2, 0) is 0 Å². The fourth-order valence-electron chi connectivity index (χ4n) is 3.35. The van der Waals surface area contributed by atoms with Gasteiger partial charge in [0, 0.05) is 28.0 Å². The van der Waals surface area contributed by atoms with Crippen LogP contribution in [0.1, 0.15) is 38.2 Å². The highest BCUT2D eigenvalue weighted by molar-refractivity contribution is 9.10. The number of fused-ring (bicyclic) bond motifs is 1. The van der Waals surface area contributed by atoms with Crippen LogP contribution in [-0.4, -0.2) is 17.6 Å². The van der Waals surface area contributed by atoms with E-state index in [0.29, 0.717) is 12.0 Å². The predicted molar refractivity (Wildman–Crippen MR) is 88.0 cm³/mol. The Kier molecular flexibility index (Phi) is 4.08. The molecule has 0 amide bonds. The van der Waals surface area contributed by atoms with Gasteiger partial charge in [-0.1, -0.05) is 41.9 Å². The molecule has 20 heavy (non-hydrogen) atoms. The van der Waals surface area contributed by atoms with E-state index >= 15 is 0 Å². The van der Waals surface area contributed by atoms with Crippen molar-refractivity contribution in [2.45, 2.75) is 38.6 Å². The maximum atomic E-state index is 4.64. The number of nitrogens with zero attached hydrogens (tertiary/aromatic N) is 1. The number of hydrogen-bond donors (Lipinski definition) is 1. The molecule has 2 aromatic rings. The molecule has 0 bridgehead atoms. The van der Waals surface area contributed by atoms with E-state index in [1.165, 1.54) is 23.8 Å². The van der Waals surface area contributed by atoms with E-state index in [1.807, 2.05) is 12.3 Å². The van der Waals surface area contributed by atoms with E-state index in [0.717, 1.165) is 22.5 Å². The first-order chi connectivity index (χ1) is 9.66. The molecule has 3 heteroatoms. The molecular formula is C17H21BrN2. The van der Waals surface area contributed by atoms with Gasteiger partial charge in [-0.05, 0) is 43.0 Å². The normalized spacial score (nSPS) is 22.8. The number of hydrogen-bond acceptors (Lipinski definition) is 2. The summed E-state index contributed by atoms with van der Waals surface area (Å²) < 4.78 is 1.13. The molecule has 1 saturated heterocycles. The van der Waals surface area contributed by atoms with Crippen molar-refractivity contribution in [3.05, 3.63) is 40.5 Å². The van der Waals surface area contributed by atoms with Crippen molar-refractivity contribution in [3.8, 4) is 0 Å². The molecule has 1 aliphatic rings. The Morgan fingerprint density at radius 2 is 2.20 bits per heavy atom. The molecular weight excluding hydrogens is 312 g/mol. The highest BCUT2D eigenvalue weighted by Crippen LogP contribution is 2.36. The first-order valence-corrected chi connectivity index (χ1v) is 8.22. The number of nitrogens with one attached hydrogen (secondary N) is 1. The zero-order valence-electron chi connectivity index (χ0n) is 12.1. The third-order valence-electron chi connectivity index (χ3n) is 4.22. The zero-order valence-corrected chi connectivity index (χ0v) is 13.7. The Morgan fingerprint density at radius 1 is 1.35 bits per heavy atom. The Hall–Kier alpha value is -0.930. The summed E-state index contributed by atoms with van der Waals surface area (Å²) in [5.74, 6) is 1.31. The van der Waals surface area contributed by atoms with E-state index in [1.54, 1.807) is 0 Å².